The lowest BCUT2D eigenvalue weighted by Crippen LogP contribution is -2.38. The summed E-state index contributed by atoms with van der Waals surface area (Å²) in [5.74, 6) is -0.725. The summed E-state index contributed by atoms with van der Waals surface area (Å²) < 4.78 is 61.3. The van der Waals surface area contributed by atoms with Gasteiger partial charge in [-0.1, -0.05) is 18.2 Å². The van der Waals surface area contributed by atoms with Gasteiger partial charge in [-0.15, -0.1) is 11.3 Å². The zero-order valence-corrected chi connectivity index (χ0v) is 22.8. The van der Waals surface area contributed by atoms with E-state index in [-0.39, 0.29) is 35.2 Å². The molecule has 1 amide bonds. The summed E-state index contributed by atoms with van der Waals surface area (Å²) in [6.07, 6.45) is 0. The van der Waals surface area contributed by atoms with Crippen molar-refractivity contribution in [2.45, 2.75) is 5.75 Å². The first kappa shape index (κ1) is 26.4. The summed E-state index contributed by atoms with van der Waals surface area (Å²) in [4.78, 5) is 17.6. The Labute approximate surface area is 230 Å². The van der Waals surface area contributed by atoms with Crippen molar-refractivity contribution in [2.75, 3.05) is 55.7 Å². The molecule has 0 radical (unpaired) electrons. The Kier molecular flexibility index (Phi) is 7.17. The van der Waals surface area contributed by atoms with Crippen LogP contribution in [0.2, 0.25) is 0 Å². The number of anilines is 2. The Morgan fingerprint density at radius 3 is 2.38 bits per heavy atom. The topological polar surface area (TPSA) is 70.2 Å². The van der Waals surface area contributed by atoms with Crippen LogP contribution in [-0.2, 0) is 20.5 Å². The van der Waals surface area contributed by atoms with Crippen LogP contribution in [0.5, 0.6) is 0 Å². The van der Waals surface area contributed by atoms with Gasteiger partial charge in [-0.2, -0.15) is 0 Å². The van der Waals surface area contributed by atoms with Crippen LogP contribution in [0.15, 0.2) is 60.0 Å². The fourth-order valence-electron chi connectivity index (χ4n) is 5.77. The highest BCUT2D eigenvalue weighted by Crippen LogP contribution is 2.53. The SMILES string of the molecule is O=C(c1cccs1)N(CC1C2CN(S(=O)(=O)Cc3ccc(F)cc3)CC12)c1ccc(N2CCOCC2)c(F)c1. The third kappa shape index (κ3) is 5.45. The van der Waals surface area contributed by atoms with Crippen LogP contribution >= 0.6 is 11.3 Å². The van der Waals surface area contributed by atoms with Crippen LogP contribution in [0.3, 0.4) is 0 Å². The molecule has 2 saturated heterocycles. The molecule has 206 valence electrons. The van der Waals surface area contributed by atoms with Gasteiger partial charge in [-0.05, 0) is 65.1 Å². The Morgan fingerprint density at radius 2 is 1.74 bits per heavy atom. The molecule has 1 saturated carbocycles. The van der Waals surface area contributed by atoms with E-state index in [1.54, 1.807) is 23.1 Å². The molecular formula is C28H29F2N3O4S2. The molecule has 2 atom stereocenters. The summed E-state index contributed by atoms with van der Waals surface area (Å²) in [6, 6.07) is 14.0. The highest BCUT2D eigenvalue weighted by Gasteiger charge is 2.58. The number of nitrogens with zero attached hydrogens (tertiary/aromatic N) is 3. The molecule has 3 aromatic rings. The van der Waals surface area contributed by atoms with Crippen LogP contribution in [0.4, 0.5) is 20.2 Å². The predicted octanol–water partition coefficient (Wildman–Crippen LogP) is 4.22. The number of amides is 1. The molecule has 7 nitrogen and oxygen atoms in total. The third-order valence-electron chi connectivity index (χ3n) is 7.96. The fourth-order valence-corrected chi connectivity index (χ4v) is 8.03. The van der Waals surface area contributed by atoms with Crippen molar-refractivity contribution in [1.29, 1.82) is 0 Å². The molecule has 6 rings (SSSR count). The number of benzene rings is 2. The number of carbonyl (C=O) groups is 1. The summed E-state index contributed by atoms with van der Waals surface area (Å²) >= 11 is 1.34. The van der Waals surface area contributed by atoms with Crippen molar-refractivity contribution in [3.05, 3.63) is 82.1 Å². The summed E-state index contributed by atoms with van der Waals surface area (Å²) in [7, 11) is -3.54. The highest BCUT2D eigenvalue weighted by atomic mass is 32.2. The molecule has 11 heteroatoms. The number of halogens is 2. The van der Waals surface area contributed by atoms with E-state index >= 15 is 4.39 Å². The minimum absolute atomic E-state index is 0.133. The molecule has 2 aliphatic heterocycles. The summed E-state index contributed by atoms with van der Waals surface area (Å²) in [5, 5.41) is 1.84. The molecule has 0 N–H and O–H groups in total. The zero-order chi connectivity index (χ0) is 27.1. The molecule has 39 heavy (non-hydrogen) atoms. The number of fused-ring (bicyclic) bond motifs is 1. The maximum absolute atomic E-state index is 15.3. The monoisotopic (exact) mass is 573 g/mol. The number of morpholine rings is 1. The highest BCUT2D eigenvalue weighted by molar-refractivity contribution is 7.88. The lowest BCUT2D eigenvalue weighted by Gasteiger charge is -2.30. The smallest absolute Gasteiger partial charge is 0.268 e. The van der Waals surface area contributed by atoms with Crippen molar-refractivity contribution < 1.29 is 26.7 Å². The number of rotatable bonds is 8. The second-order valence-electron chi connectivity index (χ2n) is 10.3. The molecule has 3 aliphatic rings. The van der Waals surface area contributed by atoms with Crippen LogP contribution in [0.1, 0.15) is 15.2 Å². The Bertz CT molecular complexity index is 1430. The standard InChI is InChI=1S/C28H29F2N3O4S2/c29-20-5-3-19(4-6-20)18-39(35,36)32-15-22-23(16-32)24(22)17-33(28(34)27-2-1-13-38-27)21-7-8-26(25(30)14-21)31-9-11-37-12-10-31/h1-8,13-14,22-24H,9-12,15-18H2. The van der Waals surface area contributed by atoms with Crippen molar-refractivity contribution in [3.63, 3.8) is 0 Å². The van der Waals surface area contributed by atoms with Gasteiger partial charge >= 0.3 is 0 Å². The summed E-state index contributed by atoms with van der Waals surface area (Å²) in [6.45, 7) is 3.50. The van der Waals surface area contributed by atoms with E-state index in [2.05, 4.69) is 0 Å². The first-order valence-corrected chi connectivity index (χ1v) is 15.5. The second-order valence-corrected chi connectivity index (χ2v) is 13.2. The average Bonchev–Trinajstić information content (AvgIpc) is 3.32. The van der Waals surface area contributed by atoms with Crippen LogP contribution in [0.25, 0.3) is 0 Å². The minimum atomic E-state index is -3.54. The number of hydrogen-bond donors (Lipinski definition) is 0. The van der Waals surface area contributed by atoms with Crippen molar-refractivity contribution in [2.24, 2.45) is 17.8 Å². The molecule has 2 unspecified atom stereocenters. The molecular weight excluding hydrogens is 544 g/mol. The maximum atomic E-state index is 15.3. The van der Waals surface area contributed by atoms with E-state index in [1.165, 1.54) is 46.0 Å². The average molecular weight is 574 g/mol. The number of ether oxygens (including phenoxy) is 1. The van der Waals surface area contributed by atoms with Gasteiger partial charge in [0.1, 0.15) is 11.6 Å². The van der Waals surface area contributed by atoms with E-state index in [1.807, 2.05) is 16.3 Å². The number of sulfonamides is 1. The molecule has 3 heterocycles. The van der Waals surface area contributed by atoms with Gasteiger partial charge in [0.15, 0.2) is 0 Å². The van der Waals surface area contributed by atoms with Crippen LogP contribution in [0, 0.1) is 29.4 Å². The van der Waals surface area contributed by atoms with E-state index in [0.717, 1.165) is 0 Å². The quantitative estimate of drug-likeness (QED) is 0.404. The Hall–Kier alpha value is -2.86. The van der Waals surface area contributed by atoms with Gasteiger partial charge in [0.25, 0.3) is 5.91 Å². The summed E-state index contributed by atoms with van der Waals surface area (Å²) in [5.41, 5.74) is 1.54. The number of hydrogen-bond acceptors (Lipinski definition) is 6. The van der Waals surface area contributed by atoms with Gasteiger partial charge < -0.3 is 14.5 Å². The zero-order valence-electron chi connectivity index (χ0n) is 21.2. The Morgan fingerprint density at radius 1 is 1.03 bits per heavy atom. The number of piperidine rings is 1. The molecule has 1 aromatic heterocycles. The van der Waals surface area contributed by atoms with E-state index in [0.29, 0.717) is 67.8 Å². The van der Waals surface area contributed by atoms with Crippen LogP contribution < -0.4 is 9.80 Å². The van der Waals surface area contributed by atoms with Gasteiger partial charge in [-0.3, -0.25) is 4.79 Å². The van der Waals surface area contributed by atoms with Gasteiger partial charge in [0, 0.05) is 38.4 Å². The number of thiophene rings is 1. The molecule has 1 aliphatic carbocycles. The fraction of sp³-hybridized carbons (Fsp3) is 0.393. The molecule has 2 aromatic carbocycles. The van der Waals surface area contributed by atoms with Gasteiger partial charge in [0.05, 0.1) is 29.5 Å². The molecule has 0 bridgehead atoms. The van der Waals surface area contributed by atoms with E-state index < -0.39 is 15.8 Å². The minimum Gasteiger partial charge on any atom is -0.378 e. The largest absolute Gasteiger partial charge is 0.378 e. The maximum Gasteiger partial charge on any atom is 0.268 e. The van der Waals surface area contributed by atoms with Crippen molar-refractivity contribution >= 4 is 38.6 Å². The normalized spacial score (nSPS) is 23.0. The van der Waals surface area contributed by atoms with Crippen molar-refractivity contribution in [3.8, 4) is 0 Å². The lowest BCUT2D eigenvalue weighted by atomic mass is 10.2. The lowest BCUT2D eigenvalue weighted by molar-refractivity contribution is 0.0988. The van der Waals surface area contributed by atoms with E-state index in [9.17, 15) is 17.6 Å². The van der Waals surface area contributed by atoms with Gasteiger partial charge in [0.2, 0.25) is 10.0 Å². The molecule has 3 fully saturated rings. The first-order chi connectivity index (χ1) is 18.8. The van der Waals surface area contributed by atoms with E-state index in [4.69, 9.17) is 4.74 Å². The van der Waals surface area contributed by atoms with Gasteiger partial charge in [-0.25, -0.2) is 21.5 Å². The van der Waals surface area contributed by atoms with Crippen molar-refractivity contribution in [1.82, 2.24) is 4.31 Å². The number of carbonyl (C=O) groups excluding carboxylic acids is 1. The molecule has 0 spiro atoms. The van der Waals surface area contributed by atoms with Crippen LogP contribution in [-0.4, -0.2) is 64.6 Å². The Balaban J connectivity index is 1.16. The third-order valence-corrected chi connectivity index (χ3v) is 10.6. The first-order valence-electron chi connectivity index (χ1n) is 13.0. The second kappa shape index (κ2) is 10.6. The predicted molar refractivity (Wildman–Crippen MR) is 146 cm³/mol.